The maximum atomic E-state index is 12.8. The second kappa shape index (κ2) is 8.45. The lowest BCUT2D eigenvalue weighted by molar-refractivity contribution is 0.0943. The first-order valence-electron chi connectivity index (χ1n) is 6.89. The molecule has 2 aromatic rings. The van der Waals surface area contributed by atoms with Crippen molar-refractivity contribution in [2.24, 2.45) is 0 Å². The van der Waals surface area contributed by atoms with E-state index in [9.17, 15) is 9.18 Å². The van der Waals surface area contributed by atoms with Crippen LogP contribution >= 0.6 is 23.8 Å². The third kappa shape index (κ3) is 5.84. The van der Waals surface area contributed by atoms with E-state index < -0.39 is 11.7 Å². The lowest BCUT2D eigenvalue weighted by atomic mass is 10.1. The molecule has 120 valence electrons. The van der Waals surface area contributed by atoms with Crippen LogP contribution in [0.5, 0.6) is 0 Å². The van der Waals surface area contributed by atoms with E-state index in [-0.39, 0.29) is 0 Å². The number of thiocarbonyl (C=S) groups is 1. The van der Waals surface area contributed by atoms with E-state index in [1.165, 1.54) is 24.3 Å². The fraction of sp³-hybridized carbons (Fsp3) is 0.125. The Morgan fingerprint density at radius 1 is 1.04 bits per heavy atom. The van der Waals surface area contributed by atoms with E-state index in [1.807, 2.05) is 24.3 Å². The van der Waals surface area contributed by atoms with Gasteiger partial charge in [-0.1, -0.05) is 23.7 Å². The summed E-state index contributed by atoms with van der Waals surface area (Å²) < 4.78 is 12.8. The molecular weight excluding hydrogens is 337 g/mol. The van der Waals surface area contributed by atoms with Crippen molar-refractivity contribution >= 4 is 34.8 Å². The molecule has 0 aromatic heterocycles. The molecule has 0 aliphatic rings. The predicted molar refractivity (Wildman–Crippen MR) is 92.8 cm³/mol. The molecule has 0 unspecified atom stereocenters. The Morgan fingerprint density at radius 3 is 2.35 bits per heavy atom. The van der Waals surface area contributed by atoms with Crippen LogP contribution in [0.3, 0.4) is 0 Å². The van der Waals surface area contributed by atoms with E-state index >= 15 is 0 Å². The quantitative estimate of drug-likeness (QED) is 0.585. The molecule has 0 saturated heterocycles. The molecule has 0 aliphatic carbocycles. The molecule has 1 amide bonds. The molecule has 4 nitrogen and oxygen atoms in total. The van der Waals surface area contributed by atoms with Crippen molar-refractivity contribution in [3.63, 3.8) is 0 Å². The fourth-order valence-electron chi connectivity index (χ4n) is 1.80. The monoisotopic (exact) mass is 351 g/mol. The standard InChI is InChI=1S/C16H15ClFN3OS/c17-13-5-1-11(2-6-13)9-10-19-16(23)21-20-15(22)12-3-7-14(18)8-4-12/h1-8H,9-10H2,(H,20,22)(H2,19,21,23). The molecule has 0 heterocycles. The van der Waals surface area contributed by atoms with Gasteiger partial charge in [-0.25, -0.2) is 4.39 Å². The van der Waals surface area contributed by atoms with Crippen LogP contribution in [-0.2, 0) is 6.42 Å². The van der Waals surface area contributed by atoms with Crippen LogP contribution in [0, 0.1) is 5.82 Å². The average Bonchev–Trinajstić information content (AvgIpc) is 2.55. The molecule has 0 aliphatic heterocycles. The molecule has 0 atom stereocenters. The number of amides is 1. The second-order valence-corrected chi connectivity index (χ2v) is 5.56. The lowest BCUT2D eigenvalue weighted by Gasteiger charge is -2.11. The van der Waals surface area contributed by atoms with Gasteiger partial charge in [0.25, 0.3) is 5.91 Å². The van der Waals surface area contributed by atoms with Gasteiger partial charge < -0.3 is 5.32 Å². The van der Waals surface area contributed by atoms with Gasteiger partial charge in [-0.3, -0.25) is 15.6 Å². The van der Waals surface area contributed by atoms with Crippen LogP contribution < -0.4 is 16.2 Å². The predicted octanol–water partition coefficient (Wildman–Crippen LogP) is 2.83. The van der Waals surface area contributed by atoms with Gasteiger partial charge >= 0.3 is 0 Å². The largest absolute Gasteiger partial charge is 0.361 e. The van der Waals surface area contributed by atoms with E-state index in [0.717, 1.165) is 12.0 Å². The zero-order valence-corrected chi connectivity index (χ0v) is 13.7. The molecule has 0 spiro atoms. The van der Waals surface area contributed by atoms with E-state index in [0.29, 0.717) is 22.2 Å². The van der Waals surface area contributed by atoms with Gasteiger partial charge in [0, 0.05) is 17.1 Å². The normalized spacial score (nSPS) is 10.0. The number of hydrazine groups is 1. The number of carbonyl (C=O) groups excluding carboxylic acids is 1. The summed E-state index contributed by atoms with van der Waals surface area (Å²) in [5.74, 6) is -0.791. The number of hydrogen-bond donors (Lipinski definition) is 3. The highest BCUT2D eigenvalue weighted by Gasteiger charge is 2.05. The Hall–Kier alpha value is -2.18. The van der Waals surface area contributed by atoms with E-state index in [2.05, 4.69) is 16.2 Å². The average molecular weight is 352 g/mol. The minimum Gasteiger partial charge on any atom is -0.361 e. The zero-order valence-electron chi connectivity index (χ0n) is 12.1. The molecule has 7 heteroatoms. The fourth-order valence-corrected chi connectivity index (χ4v) is 2.08. The van der Waals surface area contributed by atoms with Gasteiger partial charge in [-0.2, -0.15) is 0 Å². The summed E-state index contributed by atoms with van der Waals surface area (Å²) in [4.78, 5) is 11.8. The van der Waals surface area contributed by atoms with Crippen LogP contribution in [0.1, 0.15) is 15.9 Å². The number of benzene rings is 2. The van der Waals surface area contributed by atoms with Crippen molar-refractivity contribution in [1.29, 1.82) is 0 Å². The highest BCUT2D eigenvalue weighted by Crippen LogP contribution is 2.09. The SMILES string of the molecule is O=C(NNC(=S)NCCc1ccc(Cl)cc1)c1ccc(F)cc1. The topological polar surface area (TPSA) is 53.2 Å². The summed E-state index contributed by atoms with van der Waals surface area (Å²) >= 11 is 10.9. The zero-order chi connectivity index (χ0) is 16.7. The summed E-state index contributed by atoms with van der Waals surface area (Å²) in [6.07, 6.45) is 0.769. The Balaban J connectivity index is 1.69. The molecule has 0 bridgehead atoms. The van der Waals surface area contributed by atoms with Crippen molar-refractivity contribution in [3.8, 4) is 0 Å². The van der Waals surface area contributed by atoms with Crippen molar-refractivity contribution in [3.05, 3.63) is 70.5 Å². The Labute approximate surface area is 144 Å². The number of rotatable bonds is 4. The summed E-state index contributed by atoms with van der Waals surface area (Å²) in [6.45, 7) is 0.611. The van der Waals surface area contributed by atoms with Crippen molar-refractivity contribution < 1.29 is 9.18 Å². The smallest absolute Gasteiger partial charge is 0.269 e. The first-order valence-corrected chi connectivity index (χ1v) is 7.67. The molecule has 2 aromatic carbocycles. The first kappa shape index (κ1) is 17.2. The summed E-state index contributed by atoms with van der Waals surface area (Å²) in [5, 5.41) is 3.97. The molecule has 23 heavy (non-hydrogen) atoms. The van der Waals surface area contributed by atoms with Crippen LogP contribution in [0.25, 0.3) is 0 Å². The van der Waals surface area contributed by atoms with Crippen molar-refractivity contribution in [1.82, 2.24) is 16.2 Å². The van der Waals surface area contributed by atoms with Crippen LogP contribution in [0.2, 0.25) is 5.02 Å². The van der Waals surface area contributed by atoms with Crippen molar-refractivity contribution in [2.75, 3.05) is 6.54 Å². The molecule has 3 N–H and O–H groups in total. The molecule has 0 fully saturated rings. The molecule has 0 saturated carbocycles. The lowest BCUT2D eigenvalue weighted by Crippen LogP contribution is -2.47. The summed E-state index contributed by atoms with van der Waals surface area (Å²) in [5.41, 5.74) is 6.50. The van der Waals surface area contributed by atoms with Crippen molar-refractivity contribution in [2.45, 2.75) is 6.42 Å². The molecule has 0 radical (unpaired) electrons. The van der Waals surface area contributed by atoms with Gasteiger partial charge in [0.15, 0.2) is 5.11 Å². The van der Waals surface area contributed by atoms with Gasteiger partial charge in [0.2, 0.25) is 0 Å². The number of nitrogens with one attached hydrogen (secondary N) is 3. The highest BCUT2D eigenvalue weighted by molar-refractivity contribution is 7.80. The number of carbonyl (C=O) groups is 1. The number of hydrogen-bond acceptors (Lipinski definition) is 2. The van der Waals surface area contributed by atoms with Crippen LogP contribution in [-0.4, -0.2) is 17.6 Å². The first-order chi connectivity index (χ1) is 11.0. The van der Waals surface area contributed by atoms with Crippen LogP contribution in [0.15, 0.2) is 48.5 Å². The van der Waals surface area contributed by atoms with Crippen LogP contribution in [0.4, 0.5) is 4.39 Å². The Bertz CT molecular complexity index is 677. The molecule has 2 rings (SSSR count). The minimum atomic E-state index is -0.396. The van der Waals surface area contributed by atoms with Gasteiger partial charge in [-0.05, 0) is 60.6 Å². The maximum absolute atomic E-state index is 12.8. The minimum absolute atomic E-state index is 0.300. The highest BCUT2D eigenvalue weighted by atomic mass is 35.5. The van der Waals surface area contributed by atoms with Gasteiger partial charge in [0.1, 0.15) is 5.82 Å². The number of halogens is 2. The Kier molecular flexibility index (Phi) is 6.31. The summed E-state index contributed by atoms with van der Waals surface area (Å²) in [7, 11) is 0. The Morgan fingerprint density at radius 2 is 1.70 bits per heavy atom. The third-order valence-electron chi connectivity index (χ3n) is 3.01. The third-order valence-corrected chi connectivity index (χ3v) is 3.51. The second-order valence-electron chi connectivity index (χ2n) is 4.72. The van der Waals surface area contributed by atoms with E-state index in [1.54, 1.807) is 0 Å². The maximum Gasteiger partial charge on any atom is 0.269 e. The van der Waals surface area contributed by atoms with E-state index in [4.69, 9.17) is 23.8 Å². The summed E-state index contributed by atoms with van der Waals surface area (Å²) in [6, 6.07) is 12.8. The van der Waals surface area contributed by atoms with Gasteiger partial charge in [0.05, 0.1) is 0 Å². The molecular formula is C16H15ClFN3OS. The van der Waals surface area contributed by atoms with Gasteiger partial charge in [-0.15, -0.1) is 0 Å².